The quantitative estimate of drug-likeness (QED) is 0.784. The van der Waals surface area contributed by atoms with Gasteiger partial charge in [-0.3, -0.25) is 0 Å². The Labute approximate surface area is 74.8 Å². The number of hydrogen-bond acceptors (Lipinski definition) is 5. The minimum atomic E-state index is 0.900. The van der Waals surface area contributed by atoms with Crippen molar-refractivity contribution in [1.82, 2.24) is 9.36 Å². The largest absolute Gasteiger partial charge is 0.363 e. The van der Waals surface area contributed by atoms with Crippen molar-refractivity contribution in [2.75, 3.05) is 18.1 Å². The third-order valence-corrected chi connectivity index (χ3v) is 2.76. The second-order valence-corrected chi connectivity index (χ2v) is 3.93. The van der Waals surface area contributed by atoms with Gasteiger partial charge in [0.2, 0.25) is 5.13 Å². The van der Waals surface area contributed by atoms with Crippen LogP contribution in [0.1, 0.15) is 12.7 Å². The first-order valence-electron chi connectivity index (χ1n) is 3.45. The monoisotopic (exact) mass is 189 g/mol. The summed E-state index contributed by atoms with van der Waals surface area (Å²) in [5, 5.41) is 3.86. The molecule has 0 aliphatic carbocycles. The Kier molecular flexibility index (Phi) is 3.65. The smallest absolute Gasteiger partial charge is 0.202 e. The maximum atomic E-state index is 4.24. The average molecular weight is 189 g/mol. The first kappa shape index (κ1) is 8.80. The molecule has 0 saturated carbocycles. The molecule has 0 aliphatic rings. The van der Waals surface area contributed by atoms with Gasteiger partial charge < -0.3 is 5.32 Å². The van der Waals surface area contributed by atoms with Crippen molar-refractivity contribution in [3.05, 3.63) is 5.82 Å². The van der Waals surface area contributed by atoms with Crippen LogP contribution in [0.3, 0.4) is 0 Å². The molecule has 0 saturated heterocycles. The Hall–Kier alpha value is -0.290. The first-order chi connectivity index (χ1) is 5.36. The van der Waals surface area contributed by atoms with Crippen molar-refractivity contribution < 1.29 is 0 Å². The molecule has 0 atom stereocenters. The van der Waals surface area contributed by atoms with E-state index in [1.165, 1.54) is 11.5 Å². The number of aromatic nitrogens is 2. The van der Waals surface area contributed by atoms with Crippen LogP contribution < -0.4 is 5.32 Å². The molecule has 5 heteroatoms. The second kappa shape index (κ2) is 4.56. The van der Waals surface area contributed by atoms with Gasteiger partial charge in [-0.2, -0.15) is 16.1 Å². The molecule has 1 N–H and O–H groups in total. The SMILES string of the molecule is CCSCc1nsc(NC)n1. The van der Waals surface area contributed by atoms with Crippen LogP contribution in [0.2, 0.25) is 0 Å². The van der Waals surface area contributed by atoms with Crippen molar-refractivity contribution in [1.29, 1.82) is 0 Å². The summed E-state index contributed by atoms with van der Waals surface area (Å²) in [7, 11) is 1.86. The average Bonchev–Trinajstić information content (AvgIpc) is 2.48. The van der Waals surface area contributed by atoms with Crippen LogP contribution >= 0.6 is 23.3 Å². The van der Waals surface area contributed by atoms with Gasteiger partial charge in [-0.25, -0.2) is 4.98 Å². The lowest BCUT2D eigenvalue weighted by atomic mass is 10.7. The van der Waals surface area contributed by atoms with Crippen molar-refractivity contribution in [2.24, 2.45) is 0 Å². The van der Waals surface area contributed by atoms with Crippen molar-refractivity contribution in [3.8, 4) is 0 Å². The van der Waals surface area contributed by atoms with E-state index in [1.807, 2.05) is 18.8 Å². The van der Waals surface area contributed by atoms with Crippen molar-refractivity contribution in [3.63, 3.8) is 0 Å². The highest BCUT2D eigenvalue weighted by atomic mass is 32.2. The van der Waals surface area contributed by atoms with Crippen LogP contribution in [-0.2, 0) is 5.75 Å². The minimum Gasteiger partial charge on any atom is -0.363 e. The van der Waals surface area contributed by atoms with E-state index >= 15 is 0 Å². The van der Waals surface area contributed by atoms with Gasteiger partial charge in [0.1, 0.15) is 0 Å². The van der Waals surface area contributed by atoms with E-state index in [4.69, 9.17) is 0 Å². The predicted octanol–water partition coefficient (Wildman–Crippen LogP) is 1.83. The summed E-state index contributed by atoms with van der Waals surface area (Å²) >= 11 is 3.25. The van der Waals surface area contributed by atoms with Gasteiger partial charge in [-0.1, -0.05) is 6.92 Å². The van der Waals surface area contributed by atoms with E-state index in [9.17, 15) is 0 Å². The van der Waals surface area contributed by atoms with Crippen LogP contribution in [0.15, 0.2) is 0 Å². The van der Waals surface area contributed by atoms with Crippen molar-refractivity contribution in [2.45, 2.75) is 12.7 Å². The number of nitrogens with zero attached hydrogens (tertiary/aromatic N) is 2. The number of thioether (sulfide) groups is 1. The summed E-state index contributed by atoms with van der Waals surface area (Å²) in [5.74, 6) is 2.98. The molecule has 1 rings (SSSR count). The predicted molar refractivity (Wildman–Crippen MR) is 51.3 cm³/mol. The molecule has 0 unspecified atom stereocenters. The van der Waals surface area contributed by atoms with Crippen molar-refractivity contribution >= 4 is 28.4 Å². The molecule has 1 aromatic rings. The molecule has 62 valence electrons. The van der Waals surface area contributed by atoms with Crippen LogP contribution in [0.4, 0.5) is 5.13 Å². The summed E-state index contributed by atoms with van der Waals surface area (Å²) in [5.41, 5.74) is 0. The van der Waals surface area contributed by atoms with Gasteiger partial charge in [-0.15, -0.1) is 0 Å². The van der Waals surface area contributed by atoms with Gasteiger partial charge in [0.15, 0.2) is 5.82 Å². The van der Waals surface area contributed by atoms with E-state index in [0.29, 0.717) is 0 Å². The molecular formula is C6H11N3S2. The Bertz CT molecular complexity index is 211. The summed E-state index contributed by atoms with van der Waals surface area (Å²) in [4.78, 5) is 4.24. The zero-order valence-corrected chi connectivity index (χ0v) is 8.26. The number of anilines is 1. The molecule has 0 aromatic carbocycles. The van der Waals surface area contributed by atoms with Crippen LogP contribution in [0.5, 0.6) is 0 Å². The normalized spacial score (nSPS) is 10.0. The number of hydrogen-bond donors (Lipinski definition) is 1. The van der Waals surface area contributed by atoms with Gasteiger partial charge in [0.25, 0.3) is 0 Å². The highest BCUT2D eigenvalue weighted by Crippen LogP contribution is 2.14. The van der Waals surface area contributed by atoms with Gasteiger partial charge in [0.05, 0.1) is 5.75 Å². The zero-order chi connectivity index (χ0) is 8.10. The molecule has 3 nitrogen and oxygen atoms in total. The second-order valence-electron chi connectivity index (χ2n) is 1.90. The molecule has 0 radical (unpaired) electrons. The highest BCUT2D eigenvalue weighted by Gasteiger charge is 2.00. The Morgan fingerprint density at radius 2 is 2.45 bits per heavy atom. The third kappa shape index (κ3) is 2.67. The standard InChI is InChI=1S/C6H11N3S2/c1-3-10-4-5-8-6(7-2)11-9-5/h3-4H2,1-2H3,(H,7,8,9). The molecule has 1 aromatic heterocycles. The molecule has 1 heterocycles. The molecule has 0 aliphatic heterocycles. The summed E-state index contributed by atoms with van der Waals surface area (Å²) in [6.07, 6.45) is 0. The van der Waals surface area contributed by atoms with E-state index in [1.54, 1.807) is 0 Å². The third-order valence-electron chi connectivity index (χ3n) is 1.12. The fourth-order valence-corrected chi connectivity index (χ4v) is 1.74. The maximum absolute atomic E-state index is 4.24. The van der Waals surface area contributed by atoms with Gasteiger partial charge in [-0.05, 0) is 5.75 Å². The fraction of sp³-hybridized carbons (Fsp3) is 0.667. The molecule has 0 bridgehead atoms. The Morgan fingerprint density at radius 3 is 3.00 bits per heavy atom. The lowest BCUT2D eigenvalue weighted by Crippen LogP contribution is -1.88. The van der Waals surface area contributed by atoms with E-state index in [0.717, 1.165) is 22.5 Å². The molecule has 0 amide bonds. The minimum absolute atomic E-state index is 0.900. The summed E-state index contributed by atoms with van der Waals surface area (Å²) in [6, 6.07) is 0. The molecule has 11 heavy (non-hydrogen) atoms. The van der Waals surface area contributed by atoms with Crippen LogP contribution in [0, 0.1) is 0 Å². The lowest BCUT2D eigenvalue weighted by Gasteiger charge is -1.90. The first-order valence-corrected chi connectivity index (χ1v) is 5.37. The van der Waals surface area contributed by atoms with Gasteiger partial charge in [0, 0.05) is 18.6 Å². The highest BCUT2D eigenvalue weighted by molar-refractivity contribution is 7.98. The van der Waals surface area contributed by atoms with E-state index in [-0.39, 0.29) is 0 Å². The molecular weight excluding hydrogens is 178 g/mol. The topological polar surface area (TPSA) is 37.8 Å². The fourth-order valence-electron chi connectivity index (χ4n) is 0.607. The zero-order valence-electron chi connectivity index (χ0n) is 6.63. The number of nitrogens with one attached hydrogen (secondary N) is 1. The summed E-state index contributed by atoms with van der Waals surface area (Å²) < 4.78 is 4.17. The Morgan fingerprint density at radius 1 is 1.64 bits per heavy atom. The summed E-state index contributed by atoms with van der Waals surface area (Å²) in [6.45, 7) is 2.13. The van der Waals surface area contributed by atoms with Gasteiger partial charge >= 0.3 is 0 Å². The number of rotatable bonds is 4. The Balaban J connectivity index is 2.44. The van der Waals surface area contributed by atoms with E-state index < -0.39 is 0 Å². The van der Waals surface area contributed by atoms with Crippen LogP contribution in [-0.4, -0.2) is 22.2 Å². The molecule has 0 spiro atoms. The molecule has 0 fully saturated rings. The van der Waals surface area contributed by atoms with E-state index in [2.05, 4.69) is 21.6 Å². The lowest BCUT2D eigenvalue weighted by molar-refractivity contribution is 1.13. The maximum Gasteiger partial charge on any atom is 0.202 e. The van der Waals surface area contributed by atoms with Crippen LogP contribution in [0.25, 0.3) is 0 Å².